The van der Waals surface area contributed by atoms with Gasteiger partial charge in [0, 0.05) is 39.7 Å². The van der Waals surface area contributed by atoms with Gasteiger partial charge in [-0.25, -0.2) is 0 Å². The van der Waals surface area contributed by atoms with Gasteiger partial charge in [-0.2, -0.15) is 0 Å². The molecule has 0 aromatic heterocycles. The number of unbranched alkanes of at least 4 members (excludes halogenated alkanes) is 2. The third kappa shape index (κ3) is 5.46. The second kappa shape index (κ2) is 9.23. The van der Waals surface area contributed by atoms with Gasteiger partial charge in [0.25, 0.3) is 0 Å². The van der Waals surface area contributed by atoms with E-state index in [1.165, 1.54) is 0 Å². The molecule has 132 valence electrons. The minimum Gasteiger partial charge on any atom is -0.326 e. The summed E-state index contributed by atoms with van der Waals surface area (Å²) in [6, 6.07) is 8.73. The lowest BCUT2D eigenvalue weighted by Gasteiger charge is -2.15. The number of amides is 1. The molecule has 0 heterocycles. The Morgan fingerprint density at radius 1 is 1.04 bits per heavy atom. The summed E-state index contributed by atoms with van der Waals surface area (Å²) in [7, 11) is 0. The average Bonchev–Trinajstić information content (AvgIpc) is 2.56. The lowest BCUT2D eigenvalue weighted by molar-refractivity contribution is -0.116. The summed E-state index contributed by atoms with van der Waals surface area (Å²) in [5.74, 6) is -0.121. The van der Waals surface area contributed by atoms with Crippen molar-refractivity contribution in [3.8, 4) is 11.1 Å². The van der Waals surface area contributed by atoms with Crippen molar-refractivity contribution in [1.29, 1.82) is 0 Å². The molecule has 0 aliphatic heterocycles. The molecule has 0 radical (unpaired) electrons. The number of benzene rings is 2. The van der Waals surface area contributed by atoms with Crippen molar-refractivity contribution in [2.24, 2.45) is 0 Å². The number of halogens is 3. The predicted molar refractivity (Wildman–Crippen MR) is 105 cm³/mol. The third-order valence-electron chi connectivity index (χ3n) is 3.74. The zero-order valence-electron chi connectivity index (χ0n) is 13.7. The van der Waals surface area contributed by atoms with Crippen molar-refractivity contribution in [2.75, 3.05) is 5.32 Å². The number of hydrogen-bond donors (Lipinski definition) is 1. The second-order valence-corrected chi connectivity index (χ2v) is 6.99. The fourth-order valence-electron chi connectivity index (χ4n) is 2.50. The Kier molecular flexibility index (Phi) is 7.30. The van der Waals surface area contributed by atoms with Crippen molar-refractivity contribution in [2.45, 2.75) is 32.6 Å². The van der Waals surface area contributed by atoms with Gasteiger partial charge >= 0.3 is 0 Å². The molecule has 25 heavy (non-hydrogen) atoms. The highest BCUT2D eigenvalue weighted by Crippen LogP contribution is 2.38. The highest BCUT2D eigenvalue weighted by molar-refractivity contribution is 6.36. The van der Waals surface area contributed by atoms with E-state index in [1.807, 2.05) is 6.92 Å². The SMILES string of the molecule is Cc1cc(Cl)cc(-c2cc(Cl)ccc2NC(=O)CCCCC=O)c1Cl. The van der Waals surface area contributed by atoms with Gasteiger partial charge in [0.2, 0.25) is 5.91 Å². The minimum atomic E-state index is -0.121. The number of nitrogens with one attached hydrogen (secondary N) is 1. The Morgan fingerprint density at radius 3 is 2.48 bits per heavy atom. The van der Waals surface area contributed by atoms with Gasteiger partial charge in [0.1, 0.15) is 6.29 Å². The largest absolute Gasteiger partial charge is 0.326 e. The zero-order valence-corrected chi connectivity index (χ0v) is 16.0. The second-order valence-electron chi connectivity index (χ2n) is 5.73. The molecule has 0 aliphatic carbocycles. The standard InChI is InChI=1S/C19H18Cl3NO2/c1-12-9-14(21)11-16(19(12)22)15-10-13(20)6-7-17(15)23-18(25)5-3-2-4-8-24/h6-11H,2-5H2,1H3,(H,23,25). The van der Waals surface area contributed by atoms with Gasteiger partial charge < -0.3 is 10.1 Å². The molecule has 1 N–H and O–H groups in total. The van der Waals surface area contributed by atoms with Crippen LogP contribution in [0.15, 0.2) is 30.3 Å². The van der Waals surface area contributed by atoms with Crippen LogP contribution in [-0.4, -0.2) is 12.2 Å². The van der Waals surface area contributed by atoms with Crippen molar-refractivity contribution in [3.05, 3.63) is 51.0 Å². The smallest absolute Gasteiger partial charge is 0.224 e. The van der Waals surface area contributed by atoms with Crippen LogP contribution in [0.4, 0.5) is 5.69 Å². The molecule has 2 aromatic rings. The van der Waals surface area contributed by atoms with Crippen LogP contribution in [0.25, 0.3) is 11.1 Å². The maximum atomic E-state index is 12.2. The Morgan fingerprint density at radius 2 is 1.76 bits per heavy atom. The first kappa shape index (κ1) is 19.8. The normalized spacial score (nSPS) is 10.6. The fourth-order valence-corrected chi connectivity index (χ4v) is 3.15. The topological polar surface area (TPSA) is 46.2 Å². The molecule has 0 saturated heterocycles. The van der Waals surface area contributed by atoms with E-state index in [2.05, 4.69) is 5.32 Å². The van der Waals surface area contributed by atoms with Crippen LogP contribution in [0.1, 0.15) is 31.2 Å². The number of carbonyl (C=O) groups is 2. The lowest BCUT2D eigenvalue weighted by atomic mass is 10.0. The summed E-state index contributed by atoms with van der Waals surface area (Å²) in [5, 5.41) is 4.55. The van der Waals surface area contributed by atoms with Crippen molar-refractivity contribution < 1.29 is 9.59 Å². The number of aldehydes is 1. The quantitative estimate of drug-likeness (QED) is 0.438. The van der Waals surface area contributed by atoms with Crippen molar-refractivity contribution in [3.63, 3.8) is 0 Å². The zero-order chi connectivity index (χ0) is 18.4. The van der Waals surface area contributed by atoms with E-state index < -0.39 is 0 Å². The first-order valence-electron chi connectivity index (χ1n) is 7.91. The van der Waals surface area contributed by atoms with Crippen LogP contribution >= 0.6 is 34.8 Å². The van der Waals surface area contributed by atoms with Gasteiger partial charge in [0.15, 0.2) is 0 Å². The van der Waals surface area contributed by atoms with Crippen LogP contribution in [0, 0.1) is 6.92 Å². The monoisotopic (exact) mass is 397 g/mol. The number of aryl methyl sites for hydroxylation is 1. The molecule has 2 aromatic carbocycles. The molecule has 1 amide bonds. The van der Waals surface area contributed by atoms with Crippen LogP contribution < -0.4 is 5.32 Å². The minimum absolute atomic E-state index is 0.121. The summed E-state index contributed by atoms with van der Waals surface area (Å²) in [5.41, 5.74) is 2.89. The summed E-state index contributed by atoms with van der Waals surface area (Å²) >= 11 is 18.7. The Labute approximate surface area is 162 Å². The molecule has 0 fully saturated rings. The molecule has 0 atom stereocenters. The predicted octanol–water partition coefficient (Wildman–Crippen LogP) is 6.32. The van der Waals surface area contributed by atoms with E-state index in [1.54, 1.807) is 30.3 Å². The van der Waals surface area contributed by atoms with E-state index in [9.17, 15) is 9.59 Å². The number of hydrogen-bond acceptors (Lipinski definition) is 2. The van der Waals surface area contributed by atoms with Crippen LogP contribution in [0.2, 0.25) is 15.1 Å². The van der Waals surface area contributed by atoms with E-state index in [4.69, 9.17) is 34.8 Å². The first-order valence-corrected chi connectivity index (χ1v) is 9.05. The van der Waals surface area contributed by atoms with E-state index in [0.29, 0.717) is 57.6 Å². The molecule has 0 unspecified atom stereocenters. The number of rotatable bonds is 7. The molecule has 0 bridgehead atoms. The molecule has 6 heteroatoms. The fraction of sp³-hybridized carbons (Fsp3) is 0.263. The van der Waals surface area contributed by atoms with E-state index in [0.717, 1.165) is 11.8 Å². The third-order valence-corrected chi connectivity index (χ3v) is 4.70. The molecule has 0 spiro atoms. The highest BCUT2D eigenvalue weighted by Gasteiger charge is 2.14. The molecule has 0 aliphatic rings. The average molecular weight is 399 g/mol. The summed E-state index contributed by atoms with van der Waals surface area (Å²) in [4.78, 5) is 22.5. The van der Waals surface area contributed by atoms with Gasteiger partial charge in [-0.1, -0.05) is 34.8 Å². The first-order chi connectivity index (χ1) is 11.9. The number of anilines is 1. The maximum absolute atomic E-state index is 12.2. The van der Waals surface area contributed by atoms with Crippen LogP contribution in [0.5, 0.6) is 0 Å². The van der Waals surface area contributed by atoms with Gasteiger partial charge in [-0.3, -0.25) is 4.79 Å². The lowest BCUT2D eigenvalue weighted by Crippen LogP contribution is -2.12. The number of carbonyl (C=O) groups excluding carboxylic acids is 2. The van der Waals surface area contributed by atoms with Gasteiger partial charge in [-0.05, 0) is 55.7 Å². The molecular formula is C19H18Cl3NO2. The van der Waals surface area contributed by atoms with E-state index in [-0.39, 0.29) is 5.91 Å². The molecule has 2 rings (SSSR count). The highest BCUT2D eigenvalue weighted by atomic mass is 35.5. The maximum Gasteiger partial charge on any atom is 0.224 e. The molecule has 0 saturated carbocycles. The van der Waals surface area contributed by atoms with Gasteiger partial charge in [-0.15, -0.1) is 0 Å². The summed E-state index contributed by atoms with van der Waals surface area (Å²) < 4.78 is 0. The summed E-state index contributed by atoms with van der Waals surface area (Å²) in [6.45, 7) is 1.87. The Bertz CT molecular complexity index is 790. The van der Waals surface area contributed by atoms with Crippen molar-refractivity contribution >= 4 is 52.7 Å². The molecule has 3 nitrogen and oxygen atoms in total. The van der Waals surface area contributed by atoms with E-state index >= 15 is 0 Å². The van der Waals surface area contributed by atoms with Crippen LogP contribution in [-0.2, 0) is 9.59 Å². The Balaban J connectivity index is 2.29. The van der Waals surface area contributed by atoms with Crippen LogP contribution in [0.3, 0.4) is 0 Å². The molecular weight excluding hydrogens is 381 g/mol. The Hall–Kier alpha value is -1.55. The summed E-state index contributed by atoms with van der Waals surface area (Å²) in [6.07, 6.45) is 3.03. The van der Waals surface area contributed by atoms with Gasteiger partial charge in [0.05, 0.1) is 5.02 Å². The van der Waals surface area contributed by atoms with Crippen molar-refractivity contribution in [1.82, 2.24) is 0 Å².